The molecule has 2 bridgehead atoms. The number of aliphatic hydroxyl groups excluding tert-OH is 1. The van der Waals surface area contributed by atoms with Crippen molar-refractivity contribution in [2.24, 2.45) is 17.8 Å². The summed E-state index contributed by atoms with van der Waals surface area (Å²) in [5.41, 5.74) is 1.64. The Bertz CT molecular complexity index is 1650. The minimum Gasteiger partial charge on any atom is -0.446 e. The molecule has 1 aromatic heterocycles. The number of sulfonamides is 1. The fourth-order valence-corrected chi connectivity index (χ4v) is 9.61. The predicted octanol–water partition coefficient (Wildman–Crippen LogP) is 4.37. The number of aliphatic hydroxyl groups is 1. The first-order chi connectivity index (χ1) is 22.1. The number of amides is 1. The maximum atomic E-state index is 14.1. The van der Waals surface area contributed by atoms with Crippen LogP contribution < -0.4 is 10.6 Å². The summed E-state index contributed by atoms with van der Waals surface area (Å²) >= 11 is 1.44. The molecular weight excluding hydrogens is 629 g/mol. The van der Waals surface area contributed by atoms with Gasteiger partial charge in [0.15, 0.2) is 11.4 Å². The number of hydrogen-bond acceptors (Lipinski definition) is 10. The first kappa shape index (κ1) is 31.8. The molecule has 7 rings (SSSR count). The van der Waals surface area contributed by atoms with Crippen molar-refractivity contribution in [2.75, 3.05) is 25.0 Å². The van der Waals surface area contributed by atoms with Gasteiger partial charge in [-0.05, 0) is 55.4 Å². The van der Waals surface area contributed by atoms with Gasteiger partial charge in [0, 0.05) is 37.4 Å². The van der Waals surface area contributed by atoms with Crippen LogP contribution in [0, 0.1) is 17.8 Å². The molecule has 7 atom stereocenters. The first-order valence-corrected chi connectivity index (χ1v) is 18.5. The highest BCUT2D eigenvalue weighted by Crippen LogP contribution is 2.47. The Kier molecular flexibility index (Phi) is 8.98. The molecule has 2 aliphatic heterocycles. The van der Waals surface area contributed by atoms with Gasteiger partial charge >= 0.3 is 6.09 Å². The van der Waals surface area contributed by atoms with E-state index >= 15 is 0 Å². The van der Waals surface area contributed by atoms with Crippen LogP contribution in [0.4, 0.5) is 9.93 Å². The number of fused-ring (bicyclic) bond motifs is 2. The van der Waals surface area contributed by atoms with Crippen LogP contribution in [0.25, 0.3) is 10.2 Å². The van der Waals surface area contributed by atoms with E-state index in [1.807, 2.05) is 44.2 Å². The Morgan fingerprint density at radius 1 is 1.13 bits per heavy atom. The number of carbonyl (C=O) groups is 1. The van der Waals surface area contributed by atoms with Crippen molar-refractivity contribution in [1.82, 2.24) is 14.6 Å². The van der Waals surface area contributed by atoms with Gasteiger partial charge in [-0.1, -0.05) is 55.5 Å². The molecule has 4 fully saturated rings. The molecular formula is C33H42N4O7S2. The van der Waals surface area contributed by atoms with E-state index in [1.165, 1.54) is 15.6 Å². The highest BCUT2D eigenvalue weighted by molar-refractivity contribution is 7.89. The second-order valence-corrected chi connectivity index (χ2v) is 16.5. The van der Waals surface area contributed by atoms with Crippen molar-refractivity contribution in [1.29, 1.82) is 0 Å². The number of ether oxygens (including phenoxy) is 3. The fraction of sp³-hybridized carbons (Fsp3) is 0.576. The van der Waals surface area contributed by atoms with Gasteiger partial charge in [0.1, 0.15) is 6.10 Å². The number of alkyl carbamates (subject to hydrolysis) is 1. The Balaban J connectivity index is 1.09. The van der Waals surface area contributed by atoms with Gasteiger partial charge < -0.3 is 30.0 Å². The van der Waals surface area contributed by atoms with Crippen LogP contribution in [0.5, 0.6) is 0 Å². The zero-order valence-electron chi connectivity index (χ0n) is 26.1. The standard InChI is InChI=1S/C33H42N4O7S2/c1-19(2)16-37(46(40,41)23-10-11-26-30(15-23)45-32(35-26)34-21-8-9-21)17-28(38)27(12-20-6-4-3-5-7-20)36-33(39)44-29-14-22-13-24-25(29)18-42-31(24)43-22/h3-7,10-11,15,19,21-22,24-25,27-29,31,38H,8-9,12-14,16-18H2,1-2H3,(H,34,35)(H,36,39)/t22-,24+,25+,27-,28+,29-,31+/m0/s1. The number of anilines is 1. The summed E-state index contributed by atoms with van der Waals surface area (Å²) < 4.78 is 47.9. The topological polar surface area (TPSA) is 139 Å². The largest absolute Gasteiger partial charge is 0.446 e. The number of nitrogens with zero attached hydrogens (tertiary/aromatic N) is 2. The monoisotopic (exact) mass is 670 g/mol. The second-order valence-electron chi connectivity index (χ2n) is 13.5. The molecule has 46 heavy (non-hydrogen) atoms. The Labute approximate surface area is 273 Å². The van der Waals surface area contributed by atoms with Crippen LogP contribution in [0.1, 0.15) is 45.1 Å². The molecule has 3 heterocycles. The number of rotatable bonds is 13. The lowest BCUT2D eigenvalue weighted by Gasteiger charge is -2.33. The molecule has 0 unspecified atom stereocenters. The summed E-state index contributed by atoms with van der Waals surface area (Å²) in [6.07, 6.45) is 1.66. The quantitative estimate of drug-likeness (QED) is 0.242. The molecule has 11 nitrogen and oxygen atoms in total. The Morgan fingerprint density at radius 2 is 1.93 bits per heavy atom. The zero-order valence-corrected chi connectivity index (χ0v) is 27.7. The maximum absolute atomic E-state index is 14.1. The SMILES string of the molecule is CC(C)CN(C[C@@H](O)[C@H](Cc1ccccc1)NC(=O)O[C@H]1C[C@@H]2C[C@H]3[C@H](OC[C@H]31)O2)S(=O)(=O)c1ccc2nc(NC3CC3)sc2c1. The van der Waals surface area contributed by atoms with Crippen LogP contribution in [0.15, 0.2) is 53.4 Å². The van der Waals surface area contributed by atoms with Crippen molar-refractivity contribution < 1.29 is 32.5 Å². The zero-order chi connectivity index (χ0) is 32.0. The normalized spacial score (nSPS) is 26.8. The van der Waals surface area contributed by atoms with Crippen molar-refractivity contribution in [2.45, 2.75) is 87.5 Å². The number of aromatic nitrogens is 1. The van der Waals surface area contributed by atoms with Crippen molar-refractivity contribution in [3.8, 4) is 0 Å². The number of thiazole rings is 1. The van der Waals surface area contributed by atoms with Gasteiger partial charge in [-0.3, -0.25) is 0 Å². The van der Waals surface area contributed by atoms with E-state index in [0.29, 0.717) is 25.5 Å². The summed E-state index contributed by atoms with van der Waals surface area (Å²) in [4.78, 5) is 18.1. The minimum atomic E-state index is -3.99. The molecule has 0 spiro atoms. The van der Waals surface area contributed by atoms with Gasteiger partial charge in [-0.2, -0.15) is 4.31 Å². The van der Waals surface area contributed by atoms with Crippen molar-refractivity contribution >= 4 is 42.8 Å². The first-order valence-electron chi connectivity index (χ1n) is 16.3. The van der Waals surface area contributed by atoms with Crippen LogP contribution >= 0.6 is 11.3 Å². The lowest BCUT2D eigenvalue weighted by Crippen LogP contribution is -2.52. The summed E-state index contributed by atoms with van der Waals surface area (Å²) in [6, 6.07) is 14.1. The van der Waals surface area contributed by atoms with E-state index < -0.39 is 28.3 Å². The Hall–Kier alpha value is -2.81. The van der Waals surface area contributed by atoms with Crippen LogP contribution in [0.2, 0.25) is 0 Å². The number of benzene rings is 2. The summed E-state index contributed by atoms with van der Waals surface area (Å²) in [5.74, 6) is 0.299. The van der Waals surface area contributed by atoms with E-state index in [0.717, 1.165) is 40.2 Å². The Morgan fingerprint density at radius 3 is 2.70 bits per heavy atom. The van der Waals surface area contributed by atoms with E-state index in [2.05, 4.69) is 15.6 Å². The highest BCUT2D eigenvalue weighted by Gasteiger charge is 2.54. The van der Waals surface area contributed by atoms with Gasteiger partial charge in [-0.15, -0.1) is 0 Å². The van der Waals surface area contributed by atoms with Gasteiger partial charge in [-0.25, -0.2) is 18.2 Å². The number of nitrogens with one attached hydrogen (secondary N) is 2. The van der Waals surface area contributed by atoms with E-state index in [9.17, 15) is 18.3 Å². The minimum absolute atomic E-state index is 0.00435. The molecule has 0 radical (unpaired) electrons. The van der Waals surface area contributed by atoms with Crippen LogP contribution in [-0.2, 0) is 30.7 Å². The van der Waals surface area contributed by atoms with Crippen LogP contribution in [0.3, 0.4) is 0 Å². The average Bonchev–Trinajstić information content (AvgIpc) is 3.43. The number of carbonyl (C=O) groups excluding carboxylic acids is 1. The van der Waals surface area contributed by atoms with E-state index in [-0.39, 0.29) is 54.2 Å². The second kappa shape index (κ2) is 13.0. The molecule has 248 valence electrons. The third kappa shape index (κ3) is 6.90. The molecule has 2 aliphatic carbocycles. The highest BCUT2D eigenvalue weighted by atomic mass is 32.2. The average molecular weight is 671 g/mol. The molecule has 1 amide bonds. The lowest BCUT2D eigenvalue weighted by atomic mass is 9.79. The van der Waals surface area contributed by atoms with Gasteiger partial charge in [0.25, 0.3) is 0 Å². The van der Waals surface area contributed by atoms with E-state index in [4.69, 9.17) is 14.2 Å². The molecule has 3 N–H and O–H groups in total. The van der Waals surface area contributed by atoms with E-state index in [1.54, 1.807) is 18.2 Å². The summed E-state index contributed by atoms with van der Waals surface area (Å²) in [7, 11) is -3.99. The summed E-state index contributed by atoms with van der Waals surface area (Å²) in [6.45, 7) is 4.36. The molecule has 2 saturated heterocycles. The van der Waals surface area contributed by atoms with Gasteiger partial charge in [0.05, 0.1) is 40.0 Å². The number of hydrogen-bond donors (Lipinski definition) is 3. The summed E-state index contributed by atoms with van der Waals surface area (Å²) in [5, 5.41) is 18.7. The van der Waals surface area contributed by atoms with Gasteiger partial charge in [0.2, 0.25) is 10.0 Å². The lowest BCUT2D eigenvalue weighted by molar-refractivity contribution is -0.130. The molecule has 2 aromatic carbocycles. The van der Waals surface area contributed by atoms with Crippen molar-refractivity contribution in [3.63, 3.8) is 0 Å². The van der Waals surface area contributed by atoms with Crippen molar-refractivity contribution in [3.05, 3.63) is 54.1 Å². The third-order valence-corrected chi connectivity index (χ3v) is 12.2. The smallest absolute Gasteiger partial charge is 0.407 e. The predicted molar refractivity (Wildman–Crippen MR) is 174 cm³/mol. The fourth-order valence-electron chi connectivity index (χ4n) is 6.90. The third-order valence-electron chi connectivity index (χ3n) is 9.37. The van der Waals surface area contributed by atoms with Crippen LogP contribution in [-0.4, -0.2) is 85.3 Å². The molecule has 4 aliphatic rings. The molecule has 13 heteroatoms. The molecule has 2 saturated carbocycles. The molecule has 3 aromatic rings. The maximum Gasteiger partial charge on any atom is 0.407 e.